The Bertz CT molecular complexity index is 346. The molecule has 0 radical (unpaired) electrons. The highest BCUT2D eigenvalue weighted by atomic mass is 35.5. The summed E-state index contributed by atoms with van der Waals surface area (Å²) in [5, 5.41) is 0. The Morgan fingerprint density at radius 2 is 2.05 bits per heavy atom. The van der Waals surface area contributed by atoms with Crippen LogP contribution in [0, 0.1) is 11.8 Å². The number of hydrogen-bond acceptors (Lipinski definition) is 2. The van der Waals surface area contributed by atoms with E-state index in [1.807, 2.05) is 6.92 Å². The average molecular weight is 348 g/mol. The van der Waals surface area contributed by atoms with Gasteiger partial charge in [-0.15, -0.1) is 23.2 Å². The van der Waals surface area contributed by atoms with Gasteiger partial charge in [0.15, 0.2) is 10.1 Å². The molecule has 0 N–H and O–H groups in total. The van der Waals surface area contributed by atoms with E-state index in [0.717, 1.165) is 25.7 Å². The molecule has 3 aliphatic rings. The Kier molecular flexibility index (Phi) is 5.34. The largest absolute Gasteiger partial charge is 0.366 e. The standard InChI is InChI=1S/C13H18Cl4O2/c1-2-5-13(16,17)11(18)10-7-3-4-9(19-10)8(6-7)12(14)15/h7-10,12H,2-6H2,1H3. The second-order valence-electron chi connectivity index (χ2n) is 5.49. The van der Waals surface area contributed by atoms with Crippen molar-refractivity contribution in [3.8, 4) is 0 Å². The third-order valence-corrected chi connectivity index (χ3v) is 5.53. The van der Waals surface area contributed by atoms with Gasteiger partial charge in [0.2, 0.25) is 0 Å². The summed E-state index contributed by atoms with van der Waals surface area (Å²) in [6, 6.07) is 0. The highest BCUT2D eigenvalue weighted by Gasteiger charge is 2.51. The molecular formula is C13H18Cl4O2. The SMILES string of the molecule is CCCC(Cl)(Cl)C(=O)C1OC2CCC1CC2C(Cl)Cl. The van der Waals surface area contributed by atoms with Gasteiger partial charge < -0.3 is 4.74 Å². The van der Waals surface area contributed by atoms with Crippen molar-refractivity contribution in [3.63, 3.8) is 0 Å². The lowest BCUT2D eigenvalue weighted by Crippen LogP contribution is -2.54. The number of ketones is 1. The van der Waals surface area contributed by atoms with Gasteiger partial charge in [-0.1, -0.05) is 36.5 Å². The van der Waals surface area contributed by atoms with E-state index in [1.165, 1.54) is 0 Å². The van der Waals surface area contributed by atoms with Gasteiger partial charge in [0, 0.05) is 5.92 Å². The van der Waals surface area contributed by atoms with Crippen LogP contribution in [0.5, 0.6) is 0 Å². The summed E-state index contributed by atoms with van der Waals surface area (Å²) in [5.74, 6) is 0.0418. The summed E-state index contributed by atoms with van der Waals surface area (Å²) in [5.41, 5.74) is 0. The zero-order valence-electron chi connectivity index (χ0n) is 10.8. The molecule has 0 aromatic rings. The van der Waals surface area contributed by atoms with Crippen LogP contribution in [0.3, 0.4) is 0 Å². The van der Waals surface area contributed by atoms with Gasteiger partial charge in [0.1, 0.15) is 10.9 Å². The third-order valence-electron chi connectivity index (χ3n) is 4.13. The minimum atomic E-state index is -1.34. The summed E-state index contributed by atoms with van der Waals surface area (Å²) >= 11 is 24.2. The highest BCUT2D eigenvalue weighted by Crippen LogP contribution is 2.46. The Morgan fingerprint density at radius 1 is 1.37 bits per heavy atom. The molecule has 2 saturated heterocycles. The number of fused-ring (bicyclic) bond motifs is 3. The van der Waals surface area contributed by atoms with Gasteiger partial charge in [0.25, 0.3) is 0 Å². The van der Waals surface area contributed by atoms with Crippen molar-refractivity contribution >= 4 is 52.2 Å². The molecular weight excluding hydrogens is 330 g/mol. The molecule has 2 bridgehead atoms. The number of halogens is 4. The zero-order chi connectivity index (χ0) is 14.2. The lowest BCUT2D eigenvalue weighted by molar-refractivity contribution is -0.171. The number of hydrogen-bond donors (Lipinski definition) is 0. The normalized spacial score (nSPS) is 34.8. The van der Waals surface area contributed by atoms with Crippen molar-refractivity contribution < 1.29 is 9.53 Å². The van der Waals surface area contributed by atoms with Crippen LogP contribution >= 0.6 is 46.4 Å². The van der Waals surface area contributed by atoms with Crippen molar-refractivity contribution in [2.75, 3.05) is 0 Å². The minimum absolute atomic E-state index is 0.0512. The first-order valence-electron chi connectivity index (χ1n) is 6.72. The van der Waals surface area contributed by atoms with E-state index in [2.05, 4.69) is 0 Å². The first-order chi connectivity index (χ1) is 8.86. The Labute approximate surface area is 134 Å². The Hall–Kier alpha value is 0.790. The fourth-order valence-corrected chi connectivity index (χ4v) is 4.26. The number of rotatable bonds is 5. The van der Waals surface area contributed by atoms with Gasteiger partial charge in [-0.05, 0) is 31.6 Å². The zero-order valence-corrected chi connectivity index (χ0v) is 13.8. The molecule has 0 amide bonds. The number of carbonyl (C=O) groups excluding carboxylic acids is 1. The van der Waals surface area contributed by atoms with Gasteiger partial charge in [-0.2, -0.15) is 0 Å². The van der Waals surface area contributed by atoms with Crippen LogP contribution in [-0.2, 0) is 9.53 Å². The van der Waals surface area contributed by atoms with Crippen molar-refractivity contribution in [2.45, 2.75) is 60.4 Å². The summed E-state index contributed by atoms with van der Waals surface area (Å²) in [6.07, 6.45) is 3.33. The highest BCUT2D eigenvalue weighted by molar-refractivity contribution is 6.58. The number of Topliss-reactive ketones (excluding diaryl/α,β-unsaturated/α-hetero) is 1. The summed E-state index contributed by atoms with van der Waals surface area (Å²) in [6.45, 7) is 1.95. The van der Waals surface area contributed by atoms with E-state index < -0.39 is 15.3 Å². The fourth-order valence-electron chi connectivity index (χ4n) is 3.14. The Morgan fingerprint density at radius 3 is 2.53 bits per heavy atom. The van der Waals surface area contributed by atoms with Crippen LogP contribution in [0.4, 0.5) is 0 Å². The average Bonchev–Trinajstić information content (AvgIpc) is 2.38. The van der Waals surface area contributed by atoms with E-state index in [0.29, 0.717) is 6.42 Å². The van der Waals surface area contributed by atoms with Crippen molar-refractivity contribution in [2.24, 2.45) is 11.8 Å². The third kappa shape index (κ3) is 3.35. The van der Waals surface area contributed by atoms with Crippen molar-refractivity contribution in [1.82, 2.24) is 0 Å². The van der Waals surface area contributed by atoms with Gasteiger partial charge in [-0.3, -0.25) is 4.79 Å². The predicted octanol–water partition coefficient (Wildman–Crippen LogP) is 4.52. The van der Waals surface area contributed by atoms with Gasteiger partial charge in [0.05, 0.1) is 6.10 Å². The quantitative estimate of drug-likeness (QED) is 0.683. The number of alkyl halides is 4. The van der Waals surface area contributed by atoms with Crippen molar-refractivity contribution in [1.29, 1.82) is 0 Å². The second kappa shape index (κ2) is 6.27. The number of ether oxygens (including phenoxy) is 1. The Balaban J connectivity index is 2.07. The first-order valence-corrected chi connectivity index (χ1v) is 8.35. The van der Waals surface area contributed by atoms with E-state index in [-0.39, 0.29) is 23.7 Å². The van der Waals surface area contributed by atoms with E-state index in [1.54, 1.807) is 0 Å². The molecule has 1 saturated carbocycles. The smallest absolute Gasteiger partial charge is 0.197 e. The van der Waals surface area contributed by atoms with Crippen LogP contribution in [0.15, 0.2) is 0 Å². The molecule has 110 valence electrons. The van der Waals surface area contributed by atoms with E-state index >= 15 is 0 Å². The molecule has 3 fully saturated rings. The molecule has 3 rings (SSSR count). The molecule has 6 heteroatoms. The van der Waals surface area contributed by atoms with Crippen LogP contribution in [0.2, 0.25) is 0 Å². The molecule has 0 aromatic carbocycles. The number of carbonyl (C=O) groups is 1. The second-order valence-corrected chi connectivity index (χ2v) is 8.13. The van der Waals surface area contributed by atoms with Gasteiger partial charge >= 0.3 is 0 Å². The molecule has 4 atom stereocenters. The summed E-state index contributed by atoms with van der Waals surface area (Å²) < 4.78 is 4.53. The maximum atomic E-state index is 12.4. The van der Waals surface area contributed by atoms with Gasteiger partial charge in [-0.25, -0.2) is 0 Å². The molecule has 0 aromatic heterocycles. The van der Waals surface area contributed by atoms with Crippen LogP contribution in [-0.4, -0.2) is 27.2 Å². The molecule has 2 nitrogen and oxygen atoms in total. The maximum absolute atomic E-state index is 12.4. The fraction of sp³-hybridized carbons (Fsp3) is 0.923. The van der Waals surface area contributed by atoms with Crippen LogP contribution in [0.1, 0.15) is 39.0 Å². The molecule has 2 heterocycles. The summed E-state index contributed by atoms with van der Waals surface area (Å²) in [4.78, 5) is 12.0. The predicted molar refractivity (Wildman–Crippen MR) is 79.3 cm³/mol. The molecule has 2 aliphatic heterocycles. The van der Waals surface area contributed by atoms with Crippen LogP contribution in [0.25, 0.3) is 0 Å². The topological polar surface area (TPSA) is 26.3 Å². The lowest BCUT2D eigenvalue weighted by atomic mass is 9.73. The van der Waals surface area contributed by atoms with E-state index in [9.17, 15) is 4.79 Å². The molecule has 4 unspecified atom stereocenters. The van der Waals surface area contributed by atoms with Crippen LogP contribution < -0.4 is 0 Å². The molecule has 1 aliphatic carbocycles. The molecule has 0 spiro atoms. The van der Waals surface area contributed by atoms with E-state index in [4.69, 9.17) is 51.1 Å². The first kappa shape index (κ1) is 16.2. The minimum Gasteiger partial charge on any atom is -0.366 e. The molecule has 19 heavy (non-hydrogen) atoms. The lowest BCUT2D eigenvalue weighted by Gasteiger charge is -2.48. The monoisotopic (exact) mass is 346 g/mol. The summed E-state index contributed by atoms with van der Waals surface area (Å²) in [7, 11) is 0. The van der Waals surface area contributed by atoms with Crippen molar-refractivity contribution in [3.05, 3.63) is 0 Å². The maximum Gasteiger partial charge on any atom is 0.197 e.